The van der Waals surface area contributed by atoms with Gasteiger partial charge < -0.3 is 9.32 Å². The highest BCUT2D eigenvalue weighted by Crippen LogP contribution is 2.37. The number of nitrogens with zero attached hydrogens (tertiary/aromatic N) is 2. The fraction of sp³-hybridized carbons (Fsp3) is 0.217. The van der Waals surface area contributed by atoms with Gasteiger partial charge in [0.05, 0.1) is 0 Å². The summed E-state index contributed by atoms with van der Waals surface area (Å²) in [5.41, 5.74) is 2.45. The number of carbonyl (C=O) groups excluding carboxylic acids is 3. The lowest BCUT2D eigenvalue weighted by atomic mass is 10.0. The van der Waals surface area contributed by atoms with Gasteiger partial charge in [0.25, 0.3) is 11.8 Å². The number of benzene rings is 2. The fourth-order valence-corrected chi connectivity index (χ4v) is 4.13. The number of aromatic nitrogens is 1. The van der Waals surface area contributed by atoms with Crippen molar-refractivity contribution in [2.45, 2.75) is 31.9 Å². The highest BCUT2D eigenvalue weighted by atomic mass is 19.3. The number of oxazole rings is 1. The number of nitrogens with one attached hydrogen (secondary N) is 1. The average molecular weight is 437 g/mol. The standard InChI is InChI=1S/C23H17F2N3O4/c24-20(25)22-27-18(19(32-22)12-4-2-1-3-5-12)13-6-7-15-14(10-13)11-28(23(15)31)16-8-9-17(29)26-21(16)30/h1-7,10,16,20H,8-9,11H2,(H,26,29,30)/t16-/m1/s1. The molecular formula is C23H17F2N3O4. The minimum atomic E-state index is -2.87. The van der Waals surface area contributed by atoms with Crippen molar-refractivity contribution in [2.75, 3.05) is 0 Å². The Bertz CT molecular complexity index is 1240. The van der Waals surface area contributed by atoms with Gasteiger partial charge >= 0.3 is 6.43 Å². The lowest BCUT2D eigenvalue weighted by Crippen LogP contribution is -2.52. The van der Waals surface area contributed by atoms with Crippen LogP contribution >= 0.6 is 0 Å². The summed E-state index contributed by atoms with van der Waals surface area (Å²) in [6.07, 6.45) is -2.45. The molecule has 0 aliphatic carbocycles. The summed E-state index contributed by atoms with van der Waals surface area (Å²) >= 11 is 0. The van der Waals surface area contributed by atoms with Gasteiger partial charge in [-0.15, -0.1) is 0 Å². The van der Waals surface area contributed by atoms with E-state index in [1.165, 1.54) is 4.90 Å². The Morgan fingerprint density at radius 2 is 1.84 bits per heavy atom. The van der Waals surface area contributed by atoms with Crippen LogP contribution in [-0.2, 0) is 16.1 Å². The molecule has 2 aromatic carbocycles. The summed E-state index contributed by atoms with van der Waals surface area (Å²) in [6.45, 7) is 0.175. The number of amides is 3. The second-order valence-electron chi connectivity index (χ2n) is 7.67. The van der Waals surface area contributed by atoms with Gasteiger partial charge in [0, 0.05) is 29.7 Å². The van der Waals surface area contributed by atoms with E-state index in [0.29, 0.717) is 22.3 Å². The molecule has 7 nitrogen and oxygen atoms in total. The van der Waals surface area contributed by atoms with Crippen LogP contribution in [0.2, 0.25) is 0 Å². The lowest BCUT2D eigenvalue weighted by Gasteiger charge is -2.29. The zero-order valence-corrected chi connectivity index (χ0v) is 16.7. The maximum Gasteiger partial charge on any atom is 0.313 e. The monoisotopic (exact) mass is 437 g/mol. The quantitative estimate of drug-likeness (QED) is 0.629. The average Bonchev–Trinajstić information content (AvgIpc) is 3.36. The molecule has 5 rings (SSSR count). The number of alkyl halides is 2. The molecule has 0 bridgehead atoms. The maximum absolute atomic E-state index is 13.3. The van der Waals surface area contributed by atoms with Crippen molar-refractivity contribution in [3.8, 4) is 22.6 Å². The number of piperidine rings is 1. The van der Waals surface area contributed by atoms with Crippen LogP contribution in [0.4, 0.5) is 8.78 Å². The molecular weight excluding hydrogens is 420 g/mol. The first-order chi connectivity index (χ1) is 15.4. The first-order valence-corrected chi connectivity index (χ1v) is 10.0. The van der Waals surface area contributed by atoms with Gasteiger partial charge in [-0.25, -0.2) is 4.98 Å². The molecule has 0 spiro atoms. The topological polar surface area (TPSA) is 92.5 Å². The van der Waals surface area contributed by atoms with Gasteiger partial charge in [0.2, 0.25) is 11.8 Å². The molecule has 3 aromatic rings. The molecule has 162 valence electrons. The van der Waals surface area contributed by atoms with Crippen molar-refractivity contribution in [3.05, 3.63) is 65.5 Å². The fourth-order valence-electron chi connectivity index (χ4n) is 4.13. The zero-order chi connectivity index (χ0) is 22.4. The number of rotatable bonds is 4. The van der Waals surface area contributed by atoms with Gasteiger partial charge in [0.1, 0.15) is 11.7 Å². The summed E-state index contributed by atoms with van der Waals surface area (Å²) in [4.78, 5) is 42.0. The Kier molecular flexibility index (Phi) is 4.80. The van der Waals surface area contributed by atoms with E-state index in [1.807, 2.05) is 0 Å². The van der Waals surface area contributed by atoms with Crippen LogP contribution in [0.3, 0.4) is 0 Å². The van der Waals surface area contributed by atoms with Crippen LogP contribution in [0.5, 0.6) is 0 Å². The minimum Gasteiger partial charge on any atom is -0.435 e. The Balaban J connectivity index is 1.51. The summed E-state index contributed by atoms with van der Waals surface area (Å²) in [6, 6.07) is 13.0. The molecule has 1 fully saturated rings. The Morgan fingerprint density at radius 1 is 1.06 bits per heavy atom. The molecule has 1 N–H and O–H groups in total. The molecule has 32 heavy (non-hydrogen) atoms. The summed E-state index contributed by atoms with van der Waals surface area (Å²) in [5, 5.41) is 2.26. The predicted molar refractivity (Wildman–Crippen MR) is 108 cm³/mol. The second kappa shape index (κ2) is 7.67. The van der Waals surface area contributed by atoms with Crippen LogP contribution in [0.15, 0.2) is 52.9 Å². The van der Waals surface area contributed by atoms with Crippen molar-refractivity contribution >= 4 is 17.7 Å². The van der Waals surface area contributed by atoms with E-state index < -0.39 is 24.3 Å². The third-order valence-corrected chi connectivity index (χ3v) is 5.66. The molecule has 9 heteroatoms. The van der Waals surface area contributed by atoms with E-state index in [4.69, 9.17) is 4.42 Å². The molecule has 1 aromatic heterocycles. The van der Waals surface area contributed by atoms with Gasteiger partial charge in [-0.2, -0.15) is 8.78 Å². The molecule has 0 saturated carbocycles. The maximum atomic E-state index is 13.3. The molecule has 2 aliphatic heterocycles. The Hall–Kier alpha value is -3.88. The molecule has 0 radical (unpaired) electrons. The molecule has 2 aliphatic rings. The first-order valence-electron chi connectivity index (χ1n) is 10.0. The highest BCUT2D eigenvalue weighted by molar-refractivity contribution is 6.05. The van der Waals surface area contributed by atoms with Crippen LogP contribution in [0.25, 0.3) is 22.6 Å². The van der Waals surface area contributed by atoms with E-state index in [1.54, 1.807) is 48.5 Å². The third-order valence-electron chi connectivity index (χ3n) is 5.66. The van der Waals surface area contributed by atoms with Crippen LogP contribution in [0.1, 0.15) is 41.1 Å². The molecule has 1 saturated heterocycles. The summed E-state index contributed by atoms with van der Waals surface area (Å²) in [7, 11) is 0. The van der Waals surface area contributed by atoms with Gasteiger partial charge in [0.15, 0.2) is 5.76 Å². The summed E-state index contributed by atoms with van der Waals surface area (Å²) in [5.74, 6) is -1.62. The molecule has 3 heterocycles. The first kappa shape index (κ1) is 20.0. The third kappa shape index (κ3) is 3.35. The van der Waals surface area contributed by atoms with Gasteiger partial charge in [-0.05, 0) is 24.1 Å². The number of hydrogen-bond acceptors (Lipinski definition) is 5. The minimum absolute atomic E-state index is 0.164. The number of fused-ring (bicyclic) bond motifs is 1. The van der Waals surface area contributed by atoms with Crippen molar-refractivity contribution < 1.29 is 27.6 Å². The van der Waals surface area contributed by atoms with Crippen LogP contribution in [0, 0.1) is 0 Å². The normalized spacial score (nSPS) is 18.3. The molecule has 1 atom stereocenters. The number of imide groups is 1. The van der Waals surface area contributed by atoms with Crippen molar-refractivity contribution in [1.29, 1.82) is 0 Å². The smallest absolute Gasteiger partial charge is 0.313 e. The van der Waals surface area contributed by atoms with E-state index >= 15 is 0 Å². The van der Waals surface area contributed by atoms with Gasteiger partial charge in [-0.1, -0.05) is 36.4 Å². The van der Waals surface area contributed by atoms with E-state index in [2.05, 4.69) is 10.3 Å². The Morgan fingerprint density at radius 3 is 2.56 bits per heavy atom. The van der Waals surface area contributed by atoms with E-state index in [-0.39, 0.29) is 42.7 Å². The van der Waals surface area contributed by atoms with Crippen molar-refractivity contribution in [2.24, 2.45) is 0 Å². The van der Waals surface area contributed by atoms with E-state index in [9.17, 15) is 23.2 Å². The molecule has 0 unspecified atom stereocenters. The lowest BCUT2D eigenvalue weighted by molar-refractivity contribution is -0.136. The zero-order valence-electron chi connectivity index (χ0n) is 16.7. The van der Waals surface area contributed by atoms with Crippen molar-refractivity contribution in [3.63, 3.8) is 0 Å². The van der Waals surface area contributed by atoms with Crippen LogP contribution < -0.4 is 5.32 Å². The molecule has 3 amide bonds. The van der Waals surface area contributed by atoms with Crippen molar-refractivity contribution in [1.82, 2.24) is 15.2 Å². The Labute approximate surface area is 181 Å². The number of carbonyl (C=O) groups is 3. The highest BCUT2D eigenvalue weighted by Gasteiger charge is 2.39. The van der Waals surface area contributed by atoms with Crippen LogP contribution in [-0.4, -0.2) is 33.6 Å². The number of halogens is 2. The SMILES string of the molecule is O=C1CC[C@@H](N2Cc3cc(-c4nc(C(F)F)oc4-c4ccccc4)ccc3C2=O)C(=O)N1. The van der Waals surface area contributed by atoms with Gasteiger partial charge in [-0.3, -0.25) is 19.7 Å². The largest absolute Gasteiger partial charge is 0.435 e. The number of hydrogen-bond donors (Lipinski definition) is 1. The summed E-state index contributed by atoms with van der Waals surface area (Å²) < 4.78 is 32.0. The van der Waals surface area contributed by atoms with E-state index in [0.717, 1.165) is 0 Å². The predicted octanol–water partition coefficient (Wildman–Crippen LogP) is 3.71. The second-order valence-corrected chi connectivity index (χ2v) is 7.67.